The lowest BCUT2D eigenvalue weighted by molar-refractivity contribution is -0.0468. The molecule has 3 atom stereocenters. The van der Waals surface area contributed by atoms with Crippen molar-refractivity contribution in [2.75, 3.05) is 38.8 Å². The Morgan fingerprint density at radius 1 is 1.19 bits per heavy atom. The number of methoxy groups -OCH3 is 1. The van der Waals surface area contributed by atoms with Crippen LogP contribution in [0.3, 0.4) is 0 Å². The Kier molecular flexibility index (Phi) is 8.51. The Morgan fingerprint density at radius 3 is 2.51 bits per heavy atom. The van der Waals surface area contributed by atoms with Crippen molar-refractivity contribution in [2.24, 2.45) is 0 Å². The van der Waals surface area contributed by atoms with Gasteiger partial charge >= 0.3 is 6.09 Å². The molecule has 0 spiro atoms. The largest absolute Gasteiger partial charge is 0.494 e. The van der Waals surface area contributed by atoms with Gasteiger partial charge in [-0.1, -0.05) is 0 Å². The third kappa shape index (κ3) is 6.11. The molecule has 1 unspecified atom stereocenters. The number of halogens is 1. The summed E-state index contributed by atoms with van der Waals surface area (Å²) in [5, 5.41) is 2.48. The number of amides is 2. The van der Waals surface area contributed by atoms with E-state index in [0.717, 1.165) is 18.7 Å². The van der Waals surface area contributed by atoms with Crippen molar-refractivity contribution in [1.29, 1.82) is 0 Å². The highest BCUT2D eigenvalue weighted by atomic mass is 19.1. The van der Waals surface area contributed by atoms with Crippen molar-refractivity contribution >= 4 is 28.9 Å². The van der Waals surface area contributed by atoms with E-state index >= 15 is 4.39 Å². The summed E-state index contributed by atoms with van der Waals surface area (Å²) >= 11 is 0. The molecule has 4 heterocycles. The molecular weight excluding hydrogens is 555 g/mol. The summed E-state index contributed by atoms with van der Waals surface area (Å²) < 4.78 is 35.0. The van der Waals surface area contributed by atoms with E-state index in [0.29, 0.717) is 42.1 Å². The number of nitrogens with zero attached hydrogens (tertiary/aromatic N) is 5. The van der Waals surface area contributed by atoms with Crippen molar-refractivity contribution in [2.45, 2.75) is 77.8 Å². The zero-order valence-electron chi connectivity index (χ0n) is 25.9. The summed E-state index contributed by atoms with van der Waals surface area (Å²) in [5.74, 6) is 0.272. The Hall–Kier alpha value is -3.93. The van der Waals surface area contributed by atoms with Crippen molar-refractivity contribution < 1.29 is 28.2 Å². The van der Waals surface area contributed by atoms with E-state index in [1.165, 1.54) is 20.2 Å². The number of rotatable bonds is 6. The minimum atomic E-state index is -0.751. The molecular formula is C31H41FN6O5. The summed E-state index contributed by atoms with van der Waals surface area (Å²) in [6.45, 7) is 11.1. The third-order valence-electron chi connectivity index (χ3n) is 8.01. The quantitative estimate of drug-likeness (QED) is 0.439. The van der Waals surface area contributed by atoms with Gasteiger partial charge in [0, 0.05) is 37.4 Å². The summed E-state index contributed by atoms with van der Waals surface area (Å²) in [5.41, 5.74) is 0.251. The van der Waals surface area contributed by atoms with Crippen LogP contribution in [0.15, 0.2) is 24.4 Å². The topological polar surface area (TPSA) is 111 Å². The van der Waals surface area contributed by atoms with E-state index in [2.05, 4.69) is 24.1 Å². The van der Waals surface area contributed by atoms with Crippen molar-refractivity contribution in [3.8, 4) is 17.1 Å². The molecule has 43 heavy (non-hydrogen) atoms. The van der Waals surface area contributed by atoms with E-state index < -0.39 is 29.5 Å². The highest BCUT2D eigenvalue weighted by Crippen LogP contribution is 2.36. The first-order valence-electron chi connectivity index (χ1n) is 14.7. The number of nitrogens with one attached hydrogen (secondary N) is 1. The molecule has 3 aromatic rings. The smallest absolute Gasteiger partial charge is 0.410 e. The minimum Gasteiger partial charge on any atom is -0.494 e. The number of benzene rings is 1. The van der Waals surface area contributed by atoms with E-state index in [9.17, 15) is 9.59 Å². The maximum absolute atomic E-state index is 15.9. The number of anilines is 1. The highest BCUT2D eigenvalue weighted by Gasteiger charge is 2.32. The molecule has 0 aliphatic carbocycles. The van der Waals surface area contributed by atoms with Gasteiger partial charge in [0.1, 0.15) is 34.0 Å². The summed E-state index contributed by atoms with van der Waals surface area (Å²) in [6.07, 6.45) is 3.09. The average molecular weight is 597 g/mol. The van der Waals surface area contributed by atoms with Crippen LogP contribution in [-0.2, 0) is 16.0 Å². The Balaban J connectivity index is 1.57. The lowest BCUT2D eigenvalue weighted by Gasteiger charge is -2.34. The number of hydrogen-bond acceptors (Lipinski definition) is 8. The number of imidazole rings is 1. The maximum atomic E-state index is 15.9. The van der Waals surface area contributed by atoms with Crippen molar-refractivity contribution in [1.82, 2.24) is 24.8 Å². The zero-order chi connectivity index (χ0) is 31.1. The monoisotopic (exact) mass is 596 g/mol. The normalized spacial score (nSPS) is 20.9. The summed E-state index contributed by atoms with van der Waals surface area (Å²) in [4.78, 5) is 38.8. The first-order chi connectivity index (χ1) is 20.4. The lowest BCUT2D eigenvalue weighted by Crippen LogP contribution is -2.48. The van der Waals surface area contributed by atoms with Gasteiger partial charge in [-0.3, -0.25) is 4.79 Å². The van der Waals surface area contributed by atoms with Gasteiger partial charge in [0.05, 0.1) is 38.5 Å². The third-order valence-corrected chi connectivity index (χ3v) is 8.01. The SMILES string of the molecule is CNC(=O)c1cc(OC)c2c(nc(-c3ccc(N4[C@@H](C)CC[C@@H]4C)nc3)n2CC2CN(C(=O)OC(C)(C)C)CCO2)c1F. The van der Waals surface area contributed by atoms with Crippen LogP contribution in [0, 0.1) is 5.82 Å². The van der Waals surface area contributed by atoms with Gasteiger partial charge in [-0.25, -0.2) is 19.2 Å². The number of hydrogen-bond donors (Lipinski definition) is 1. The van der Waals surface area contributed by atoms with Crippen LogP contribution in [0.2, 0.25) is 0 Å². The molecule has 5 rings (SSSR count). The Labute approximate surface area is 251 Å². The first-order valence-corrected chi connectivity index (χ1v) is 14.7. The van der Waals surface area contributed by atoms with Gasteiger partial charge in [0.15, 0.2) is 5.82 Å². The second-order valence-electron chi connectivity index (χ2n) is 12.3. The minimum absolute atomic E-state index is 0.00128. The fourth-order valence-corrected chi connectivity index (χ4v) is 5.94. The summed E-state index contributed by atoms with van der Waals surface area (Å²) in [6, 6.07) is 6.04. The second-order valence-corrected chi connectivity index (χ2v) is 12.3. The van der Waals surface area contributed by atoms with Gasteiger partial charge in [-0.2, -0.15) is 0 Å². The van der Waals surface area contributed by atoms with E-state index in [1.807, 2.05) is 37.5 Å². The molecule has 12 heteroatoms. The van der Waals surface area contributed by atoms with Gasteiger partial charge in [-0.15, -0.1) is 0 Å². The molecule has 1 aromatic carbocycles. The number of pyridine rings is 1. The molecule has 2 aliphatic rings. The number of fused-ring (bicyclic) bond motifs is 1. The number of ether oxygens (including phenoxy) is 3. The first kappa shape index (κ1) is 30.5. The zero-order valence-corrected chi connectivity index (χ0v) is 25.9. The van der Waals surface area contributed by atoms with Gasteiger partial charge in [0.2, 0.25) is 0 Å². The van der Waals surface area contributed by atoms with Crippen LogP contribution in [0.5, 0.6) is 5.75 Å². The van der Waals surface area contributed by atoms with Crippen LogP contribution in [0.1, 0.15) is 57.8 Å². The molecule has 1 N–H and O–H groups in total. The fraction of sp³-hybridized carbons (Fsp3) is 0.548. The molecule has 232 valence electrons. The predicted molar refractivity (Wildman–Crippen MR) is 161 cm³/mol. The van der Waals surface area contributed by atoms with Crippen LogP contribution >= 0.6 is 0 Å². The van der Waals surface area contributed by atoms with Crippen LogP contribution in [0.25, 0.3) is 22.4 Å². The predicted octanol–water partition coefficient (Wildman–Crippen LogP) is 4.62. The molecule has 2 aliphatic heterocycles. The molecule has 0 saturated carbocycles. The van der Waals surface area contributed by atoms with E-state index in [-0.39, 0.29) is 29.9 Å². The maximum Gasteiger partial charge on any atom is 0.410 e. The molecule has 2 fully saturated rings. The van der Waals surface area contributed by atoms with Crippen molar-refractivity contribution in [3.63, 3.8) is 0 Å². The Morgan fingerprint density at radius 2 is 1.91 bits per heavy atom. The van der Waals surface area contributed by atoms with E-state index in [1.54, 1.807) is 11.1 Å². The summed E-state index contributed by atoms with van der Waals surface area (Å²) in [7, 11) is 2.90. The van der Waals surface area contributed by atoms with Crippen LogP contribution < -0.4 is 15.0 Å². The lowest BCUT2D eigenvalue weighted by atomic mass is 10.1. The Bertz CT molecular complexity index is 1490. The standard InChI is InChI=1S/C31H41FN6O5/c1-18-8-9-19(2)38(18)24-11-10-20(15-34-24)28-35-26-25(32)22(29(39)33-6)14-23(41-7)27(26)37(28)17-21-16-36(12-13-42-21)30(40)43-31(3,4)5/h10-11,14-15,18-19,21H,8-9,12-13,16-17H2,1-7H3,(H,33,39)/t18-,19-,21?/m0/s1. The van der Waals surface area contributed by atoms with Gasteiger partial charge in [-0.05, 0) is 65.7 Å². The number of carbonyl (C=O) groups is 2. The molecule has 0 radical (unpaired) electrons. The molecule has 2 saturated heterocycles. The fourth-order valence-electron chi connectivity index (χ4n) is 5.94. The average Bonchev–Trinajstić information content (AvgIpc) is 3.52. The van der Waals surface area contributed by atoms with Crippen molar-refractivity contribution in [3.05, 3.63) is 35.8 Å². The molecule has 2 aromatic heterocycles. The van der Waals surface area contributed by atoms with Gasteiger partial charge < -0.3 is 33.9 Å². The molecule has 11 nitrogen and oxygen atoms in total. The number of carbonyl (C=O) groups excluding carboxylic acids is 2. The van der Waals surface area contributed by atoms with E-state index in [4.69, 9.17) is 24.2 Å². The number of morpholine rings is 1. The second kappa shape index (κ2) is 12.0. The number of aromatic nitrogens is 3. The van der Waals surface area contributed by atoms with Crippen LogP contribution in [-0.4, -0.2) is 89.1 Å². The molecule has 2 amide bonds. The highest BCUT2D eigenvalue weighted by molar-refractivity contribution is 6.00. The van der Waals surface area contributed by atoms with Gasteiger partial charge in [0.25, 0.3) is 5.91 Å². The molecule has 0 bridgehead atoms. The van der Waals surface area contributed by atoms with Crippen LogP contribution in [0.4, 0.5) is 15.0 Å².